The quantitative estimate of drug-likeness (QED) is 0.594. The minimum Gasteiger partial charge on any atom is -0.372 e. The summed E-state index contributed by atoms with van der Waals surface area (Å²) < 4.78 is 0. The van der Waals surface area contributed by atoms with E-state index in [2.05, 4.69) is 59.5 Å². The fourth-order valence-corrected chi connectivity index (χ4v) is 3.08. The smallest absolute Gasteiger partial charge is 0.255 e. The molecule has 3 rings (SSSR count). The summed E-state index contributed by atoms with van der Waals surface area (Å²) >= 11 is 0. The van der Waals surface area contributed by atoms with Crippen LogP contribution in [0.5, 0.6) is 0 Å². The summed E-state index contributed by atoms with van der Waals surface area (Å²) in [6.45, 7) is 8.33. The zero-order valence-corrected chi connectivity index (χ0v) is 16.6. The zero-order chi connectivity index (χ0) is 19.9. The molecule has 1 aromatic heterocycles. The van der Waals surface area contributed by atoms with E-state index in [1.807, 2.05) is 30.3 Å². The number of amides is 1. The van der Waals surface area contributed by atoms with Gasteiger partial charge in [0.05, 0.1) is 0 Å². The molecule has 2 N–H and O–H groups in total. The molecule has 5 heteroatoms. The van der Waals surface area contributed by atoms with Crippen LogP contribution in [0.1, 0.15) is 29.8 Å². The number of hydrogen-bond acceptors (Lipinski definition) is 4. The zero-order valence-electron chi connectivity index (χ0n) is 16.6. The second-order valence-electron chi connectivity index (χ2n) is 6.55. The van der Waals surface area contributed by atoms with E-state index >= 15 is 0 Å². The Morgan fingerprint density at radius 3 is 2.43 bits per heavy atom. The third-order valence-electron chi connectivity index (χ3n) is 4.66. The van der Waals surface area contributed by atoms with Crippen molar-refractivity contribution in [1.82, 2.24) is 4.98 Å². The molecule has 0 saturated heterocycles. The van der Waals surface area contributed by atoms with Crippen LogP contribution >= 0.6 is 0 Å². The molecule has 0 spiro atoms. The van der Waals surface area contributed by atoms with Gasteiger partial charge in [0.1, 0.15) is 5.82 Å². The standard InChI is InChI=1S/C23H26N4O/c1-4-27(5-2)20-11-12-21(17(3)15-20)26-22-16-18(13-14-24-22)23(28)25-19-9-7-6-8-10-19/h6-16H,4-5H2,1-3H3,(H,24,26)(H,25,28). The van der Waals surface area contributed by atoms with E-state index in [4.69, 9.17) is 0 Å². The lowest BCUT2D eigenvalue weighted by atomic mass is 10.1. The Morgan fingerprint density at radius 2 is 1.75 bits per heavy atom. The minimum atomic E-state index is -0.162. The molecule has 0 fully saturated rings. The molecule has 28 heavy (non-hydrogen) atoms. The van der Waals surface area contributed by atoms with Gasteiger partial charge in [-0.15, -0.1) is 0 Å². The molecule has 1 amide bonds. The molecular formula is C23H26N4O. The number of aryl methyl sites for hydroxylation is 1. The SMILES string of the molecule is CCN(CC)c1ccc(Nc2cc(C(=O)Nc3ccccc3)ccn2)c(C)c1. The molecular weight excluding hydrogens is 348 g/mol. The van der Waals surface area contributed by atoms with Crippen molar-refractivity contribution in [2.75, 3.05) is 28.6 Å². The Morgan fingerprint density at radius 1 is 1.00 bits per heavy atom. The molecule has 1 heterocycles. The summed E-state index contributed by atoms with van der Waals surface area (Å²) in [7, 11) is 0. The van der Waals surface area contributed by atoms with E-state index in [-0.39, 0.29) is 5.91 Å². The van der Waals surface area contributed by atoms with Crippen LogP contribution < -0.4 is 15.5 Å². The number of pyridine rings is 1. The maximum absolute atomic E-state index is 12.5. The normalized spacial score (nSPS) is 10.4. The predicted molar refractivity (Wildman–Crippen MR) is 117 cm³/mol. The number of benzene rings is 2. The molecule has 2 aromatic carbocycles. The monoisotopic (exact) mass is 374 g/mol. The Bertz CT molecular complexity index is 936. The summed E-state index contributed by atoms with van der Waals surface area (Å²) in [5.74, 6) is 0.477. The largest absolute Gasteiger partial charge is 0.372 e. The van der Waals surface area contributed by atoms with Gasteiger partial charge in [0.2, 0.25) is 0 Å². The molecule has 5 nitrogen and oxygen atoms in total. The molecule has 0 aliphatic heterocycles. The molecule has 0 atom stereocenters. The van der Waals surface area contributed by atoms with Crippen molar-refractivity contribution < 1.29 is 4.79 Å². The van der Waals surface area contributed by atoms with Crippen molar-refractivity contribution in [1.29, 1.82) is 0 Å². The molecule has 144 valence electrons. The van der Waals surface area contributed by atoms with Gasteiger partial charge in [0.15, 0.2) is 0 Å². The van der Waals surface area contributed by atoms with Crippen molar-refractivity contribution in [2.24, 2.45) is 0 Å². The fourth-order valence-electron chi connectivity index (χ4n) is 3.08. The van der Waals surface area contributed by atoms with Gasteiger partial charge >= 0.3 is 0 Å². The molecule has 0 unspecified atom stereocenters. The number of nitrogens with one attached hydrogen (secondary N) is 2. The first-order chi connectivity index (χ1) is 13.6. The van der Waals surface area contributed by atoms with E-state index in [1.54, 1.807) is 18.3 Å². The van der Waals surface area contributed by atoms with E-state index in [0.717, 1.165) is 30.0 Å². The highest BCUT2D eigenvalue weighted by Crippen LogP contribution is 2.25. The van der Waals surface area contributed by atoms with Gasteiger partial charge in [0, 0.05) is 41.9 Å². The van der Waals surface area contributed by atoms with Crippen molar-refractivity contribution >= 4 is 28.8 Å². The van der Waals surface area contributed by atoms with Gasteiger partial charge in [-0.05, 0) is 68.8 Å². The number of para-hydroxylation sites is 1. The number of aromatic nitrogens is 1. The first-order valence-electron chi connectivity index (χ1n) is 9.55. The molecule has 0 aliphatic carbocycles. The molecule has 0 bridgehead atoms. The first kappa shape index (κ1) is 19.4. The number of carbonyl (C=O) groups is 1. The summed E-state index contributed by atoms with van der Waals surface area (Å²) in [5.41, 5.74) is 4.63. The molecule has 0 aliphatic rings. The van der Waals surface area contributed by atoms with E-state index in [9.17, 15) is 4.79 Å². The van der Waals surface area contributed by atoms with Crippen LogP contribution in [0.25, 0.3) is 0 Å². The average Bonchev–Trinajstić information content (AvgIpc) is 2.72. The maximum atomic E-state index is 12.5. The molecule has 3 aromatic rings. The second-order valence-corrected chi connectivity index (χ2v) is 6.55. The van der Waals surface area contributed by atoms with Crippen LogP contribution in [0.4, 0.5) is 22.9 Å². The number of anilines is 4. The third kappa shape index (κ3) is 4.68. The molecule has 0 saturated carbocycles. The first-order valence-corrected chi connectivity index (χ1v) is 9.55. The van der Waals surface area contributed by atoms with Crippen LogP contribution in [-0.4, -0.2) is 24.0 Å². The van der Waals surface area contributed by atoms with Crippen LogP contribution in [0.15, 0.2) is 66.9 Å². The van der Waals surface area contributed by atoms with Crippen molar-refractivity contribution in [3.05, 3.63) is 78.0 Å². The highest BCUT2D eigenvalue weighted by molar-refractivity contribution is 6.04. The van der Waals surface area contributed by atoms with Crippen molar-refractivity contribution in [2.45, 2.75) is 20.8 Å². The lowest BCUT2D eigenvalue weighted by Gasteiger charge is -2.22. The van der Waals surface area contributed by atoms with Gasteiger partial charge in [-0.25, -0.2) is 4.98 Å². The van der Waals surface area contributed by atoms with Crippen LogP contribution in [-0.2, 0) is 0 Å². The second kappa shape index (κ2) is 9.04. The minimum absolute atomic E-state index is 0.162. The lowest BCUT2D eigenvalue weighted by Crippen LogP contribution is -2.21. The van der Waals surface area contributed by atoms with E-state index in [0.29, 0.717) is 11.4 Å². The fraction of sp³-hybridized carbons (Fsp3) is 0.217. The Labute approximate surface area is 166 Å². The third-order valence-corrected chi connectivity index (χ3v) is 4.66. The predicted octanol–water partition coefficient (Wildman–Crippen LogP) is 5.23. The summed E-state index contributed by atoms with van der Waals surface area (Å²) in [5, 5.41) is 6.22. The Kier molecular flexibility index (Phi) is 6.27. The van der Waals surface area contributed by atoms with E-state index < -0.39 is 0 Å². The van der Waals surface area contributed by atoms with Crippen LogP contribution in [0, 0.1) is 6.92 Å². The average molecular weight is 374 g/mol. The number of nitrogens with zero attached hydrogens (tertiary/aromatic N) is 2. The summed E-state index contributed by atoms with van der Waals surface area (Å²) in [6, 6.07) is 19.2. The number of carbonyl (C=O) groups excluding carboxylic acids is 1. The lowest BCUT2D eigenvalue weighted by molar-refractivity contribution is 0.102. The number of hydrogen-bond donors (Lipinski definition) is 2. The highest BCUT2D eigenvalue weighted by atomic mass is 16.1. The van der Waals surface area contributed by atoms with Gasteiger partial charge in [-0.1, -0.05) is 18.2 Å². The Balaban J connectivity index is 1.75. The highest BCUT2D eigenvalue weighted by Gasteiger charge is 2.09. The van der Waals surface area contributed by atoms with Gasteiger partial charge in [0.25, 0.3) is 5.91 Å². The van der Waals surface area contributed by atoms with Crippen LogP contribution in [0.3, 0.4) is 0 Å². The number of rotatable bonds is 7. The van der Waals surface area contributed by atoms with Crippen molar-refractivity contribution in [3.63, 3.8) is 0 Å². The topological polar surface area (TPSA) is 57.3 Å². The van der Waals surface area contributed by atoms with Gasteiger partial charge < -0.3 is 15.5 Å². The van der Waals surface area contributed by atoms with Crippen molar-refractivity contribution in [3.8, 4) is 0 Å². The van der Waals surface area contributed by atoms with Gasteiger partial charge in [-0.3, -0.25) is 4.79 Å². The molecule has 0 radical (unpaired) electrons. The Hall–Kier alpha value is -3.34. The summed E-state index contributed by atoms with van der Waals surface area (Å²) in [6.07, 6.45) is 1.64. The van der Waals surface area contributed by atoms with Gasteiger partial charge in [-0.2, -0.15) is 0 Å². The van der Waals surface area contributed by atoms with Crippen LogP contribution in [0.2, 0.25) is 0 Å². The summed E-state index contributed by atoms with van der Waals surface area (Å²) in [4.78, 5) is 19.2. The van der Waals surface area contributed by atoms with E-state index in [1.165, 1.54) is 5.69 Å². The maximum Gasteiger partial charge on any atom is 0.255 e.